The minimum atomic E-state index is -0.114. The van der Waals surface area contributed by atoms with Gasteiger partial charge in [0.25, 0.3) is 5.91 Å². The second-order valence-corrected chi connectivity index (χ2v) is 5.02. The molecule has 1 aromatic heterocycles. The van der Waals surface area contributed by atoms with Gasteiger partial charge in [0.2, 0.25) is 5.88 Å². The number of amides is 1. The highest BCUT2D eigenvalue weighted by Crippen LogP contribution is 2.15. The normalized spacial score (nSPS) is 10.1. The van der Waals surface area contributed by atoms with Gasteiger partial charge in [0.05, 0.1) is 6.61 Å². The monoisotopic (exact) mass is 299 g/mol. The molecule has 0 unspecified atom stereocenters. The Labute approximate surface area is 130 Å². The molecule has 0 bridgehead atoms. The van der Waals surface area contributed by atoms with E-state index >= 15 is 0 Å². The highest BCUT2D eigenvalue weighted by atomic mass is 16.5. The predicted octanol–water partition coefficient (Wildman–Crippen LogP) is 2.48. The van der Waals surface area contributed by atoms with Crippen molar-refractivity contribution in [2.45, 2.75) is 13.5 Å². The summed E-state index contributed by atoms with van der Waals surface area (Å²) in [5, 5.41) is 2.89. The second-order valence-electron chi connectivity index (χ2n) is 5.02. The predicted molar refractivity (Wildman–Crippen MR) is 87.3 cm³/mol. The fourth-order valence-corrected chi connectivity index (χ4v) is 2.01. The number of pyridine rings is 1. The average molecular weight is 299 g/mol. The fourth-order valence-electron chi connectivity index (χ4n) is 2.01. The third kappa shape index (κ3) is 3.97. The van der Waals surface area contributed by atoms with E-state index in [1.54, 1.807) is 6.20 Å². The Kier molecular flexibility index (Phi) is 5.36. The zero-order valence-corrected chi connectivity index (χ0v) is 13.2. The van der Waals surface area contributed by atoms with Crippen LogP contribution in [0, 0.1) is 0 Å². The zero-order valence-electron chi connectivity index (χ0n) is 13.2. The highest BCUT2D eigenvalue weighted by molar-refractivity contribution is 5.94. The standard InChI is InChI=1S/C17H21N3O2/c1-4-22-17-14(6-5-11-18-17)12-19-16(21)13-7-9-15(10-8-13)20(2)3/h5-11H,4,12H2,1-3H3,(H,19,21). The van der Waals surface area contributed by atoms with Crippen LogP contribution in [0.2, 0.25) is 0 Å². The van der Waals surface area contributed by atoms with Gasteiger partial charge in [0.1, 0.15) is 0 Å². The number of anilines is 1. The zero-order chi connectivity index (χ0) is 15.9. The van der Waals surface area contributed by atoms with Crippen molar-refractivity contribution in [1.82, 2.24) is 10.3 Å². The van der Waals surface area contributed by atoms with Crippen LogP contribution < -0.4 is 15.0 Å². The summed E-state index contributed by atoms with van der Waals surface area (Å²) in [5.41, 5.74) is 2.55. The minimum absolute atomic E-state index is 0.114. The Morgan fingerprint density at radius 3 is 2.59 bits per heavy atom. The van der Waals surface area contributed by atoms with Gasteiger partial charge in [-0.05, 0) is 37.3 Å². The SMILES string of the molecule is CCOc1ncccc1CNC(=O)c1ccc(N(C)C)cc1. The second kappa shape index (κ2) is 7.45. The molecular weight excluding hydrogens is 278 g/mol. The number of ether oxygens (including phenoxy) is 1. The average Bonchev–Trinajstić information content (AvgIpc) is 2.54. The largest absolute Gasteiger partial charge is 0.478 e. The molecule has 1 N–H and O–H groups in total. The van der Waals surface area contributed by atoms with Gasteiger partial charge in [0, 0.05) is 43.7 Å². The molecule has 0 aliphatic rings. The molecule has 2 rings (SSSR count). The molecule has 1 heterocycles. The summed E-state index contributed by atoms with van der Waals surface area (Å²) in [6.45, 7) is 2.84. The Bertz CT molecular complexity index is 624. The molecule has 0 fully saturated rings. The number of hydrogen-bond donors (Lipinski definition) is 1. The summed E-state index contributed by atoms with van der Waals surface area (Å²) in [4.78, 5) is 18.3. The molecule has 0 saturated heterocycles. The third-order valence-corrected chi connectivity index (χ3v) is 3.22. The van der Waals surface area contributed by atoms with E-state index in [1.807, 2.05) is 62.3 Å². The van der Waals surface area contributed by atoms with Crippen LogP contribution >= 0.6 is 0 Å². The number of benzene rings is 1. The van der Waals surface area contributed by atoms with Crippen molar-refractivity contribution in [2.24, 2.45) is 0 Å². The number of carbonyl (C=O) groups excluding carboxylic acids is 1. The molecule has 0 spiro atoms. The molecule has 0 radical (unpaired) electrons. The van der Waals surface area contributed by atoms with E-state index < -0.39 is 0 Å². The van der Waals surface area contributed by atoms with Gasteiger partial charge < -0.3 is 15.0 Å². The summed E-state index contributed by atoms with van der Waals surface area (Å²) in [5.74, 6) is 0.449. The van der Waals surface area contributed by atoms with E-state index in [9.17, 15) is 4.79 Å². The first kappa shape index (κ1) is 15.8. The third-order valence-electron chi connectivity index (χ3n) is 3.22. The van der Waals surface area contributed by atoms with Crippen LogP contribution in [-0.2, 0) is 6.54 Å². The van der Waals surface area contributed by atoms with E-state index in [-0.39, 0.29) is 5.91 Å². The molecule has 1 aromatic carbocycles. The van der Waals surface area contributed by atoms with Gasteiger partial charge in [-0.2, -0.15) is 0 Å². The first-order valence-electron chi connectivity index (χ1n) is 7.24. The van der Waals surface area contributed by atoms with Crippen LogP contribution in [0.5, 0.6) is 5.88 Å². The van der Waals surface area contributed by atoms with Crippen molar-refractivity contribution < 1.29 is 9.53 Å². The molecule has 0 aliphatic carbocycles. The van der Waals surface area contributed by atoms with Gasteiger partial charge >= 0.3 is 0 Å². The van der Waals surface area contributed by atoms with Gasteiger partial charge in [-0.15, -0.1) is 0 Å². The van der Waals surface area contributed by atoms with Crippen LogP contribution in [0.1, 0.15) is 22.8 Å². The van der Waals surface area contributed by atoms with Crippen molar-refractivity contribution in [3.63, 3.8) is 0 Å². The quantitative estimate of drug-likeness (QED) is 0.890. The lowest BCUT2D eigenvalue weighted by atomic mass is 10.2. The summed E-state index contributed by atoms with van der Waals surface area (Å²) in [6.07, 6.45) is 1.68. The van der Waals surface area contributed by atoms with E-state index in [4.69, 9.17) is 4.74 Å². The summed E-state index contributed by atoms with van der Waals surface area (Å²) in [7, 11) is 3.93. The van der Waals surface area contributed by atoms with Crippen LogP contribution in [0.15, 0.2) is 42.6 Å². The Morgan fingerprint density at radius 1 is 1.23 bits per heavy atom. The maximum atomic E-state index is 12.2. The maximum absolute atomic E-state index is 12.2. The molecular formula is C17H21N3O2. The van der Waals surface area contributed by atoms with Gasteiger partial charge in [0.15, 0.2) is 0 Å². The summed E-state index contributed by atoms with van der Waals surface area (Å²) >= 11 is 0. The number of aromatic nitrogens is 1. The number of rotatable bonds is 6. The van der Waals surface area contributed by atoms with Gasteiger partial charge in [-0.25, -0.2) is 4.98 Å². The first-order chi connectivity index (χ1) is 10.6. The topological polar surface area (TPSA) is 54.5 Å². The molecule has 0 aliphatic heterocycles. The van der Waals surface area contributed by atoms with Gasteiger partial charge in [-0.1, -0.05) is 6.07 Å². The Morgan fingerprint density at radius 2 is 1.95 bits per heavy atom. The summed E-state index contributed by atoms with van der Waals surface area (Å²) in [6, 6.07) is 11.2. The molecule has 0 saturated carbocycles. The lowest BCUT2D eigenvalue weighted by Gasteiger charge is -2.13. The van der Waals surface area contributed by atoms with E-state index in [0.717, 1.165) is 11.3 Å². The lowest BCUT2D eigenvalue weighted by molar-refractivity contribution is 0.0950. The van der Waals surface area contributed by atoms with Crippen LogP contribution in [0.25, 0.3) is 0 Å². The molecule has 0 atom stereocenters. The highest BCUT2D eigenvalue weighted by Gasteiger charge is 2.08. The van der Waals surface area contributed by atoms with E-state index in [0.29, 0.717) is 24.6 Å². The van der Waals surface area contributed by atoms with Crippen LogP contribution in [0.3, 0.4) is 0 Å². The number of carbonyl (C=O) groups is 1. The molecule has 5 nitrogen and oxygen atoms in total. The van der Waals surface area contributed by atoms with Gasteiger partial charge in [-0.3, -0.25) is 4.79 Å². The summed E-state index contributed by atoms with van der Waals surface area (Å²) < 4.78 is 5.45. The lowest BCUT2D eigenvalue weighted by Crippen LogP contribution is -2.23. The molecule has 22 heavy (non-hydrogen) atoms. The molecule has 1 amide bonds. The smallest absolute Gasteiger partial charge is 0.251 e. The number of hydrogen-bond acceptors (Lipinski definition) is 4. The van der Waals surface area contributed by atoms with Crippen LogP contribution in [-0.4, -0.2) is 31.6 Å². The number of nitrogens with one attached hydrogen (secondary N) is 1. The first-order valence-corrected chi connectivity index (χ1v) is 7.24. The van der Waals surface area contributed by atoms with Crippen molar-refractivity contribution >= 4 is 11.6 Å². The van der Waals surface area contributed by atoms with Crippen molar-refractivity contribution in [1.29, 1.82) is 0 Å². The molecule has 5 heteroatoms. The number of nitrogens with zero attached hydrogens (tertiary/aromatic N) is 2. The van der Waals surface area contributed by atoms with Crippen molar-refractivity contribution in [3.05, 3.63) is 53.7 Å². The van der Waals surface area contributed by atoms with E-state index in [2.05, 4.69) is 10.3 Å². The fraction of sp³-hybridized carbons (Fsp3) is 0.294. The minimum Gasteiger partial charge on any atom is -0.478 e. The molecule has 116 valence electrons. The van der Waals surface area contributed by atoms with E-state index in [1.165, 1.54) is 0 Å². The van der Waals surface area contributed by atoms with Crippen molar-refractivity contribution in [3.8, 4) is 5.88 Å². The Hall–Kier alpha value is -2.56. The van der Waals surface area contributed by atoms with Crippen LogP contribution in [0.4, 0.5) is 5.69 Å². The molecule has 2 aromatic rings. The van der Waals surface area contributed by atoms with Crippen molar-refractivity contribution in [2.75, 3.05) is 25.6 Å². The maximum Gasteiger partial charge on any atom is 0.251 e. The Balaban J connectivity index is 2.01.